The van der Waals surface area contributed by atoms with Gasteiger partial charge in [0.05, 0.1) is 17.8 Å². The number of aliphatic hydroxyl groups is 1. The van der Waals surface area contributed by atoms with Gasteiger partial charge in [-0.15, -0.1) is 10.2 Å². The Morgan fingerprint density at radius 2 is 1.93 bits per heavy atom. The summed E-state index contributed by atoms with van der Waals surface area (Å²) >= 11 is 0. The molecule has 29 heavy (non-hydrogen) atoms. The van der Waals surface area contributed by atoms with Gasteiger partial charge in [-0.3, -0.25) is 9.20 Å². The van der Waals surface area contributed by atoms with Crippen molar-refractivity contribution in [1.82, 2.24) is 29.5 Å². The molecule has 0 bridgehead atoms. The molecule has 1 N–H and O–H groups in total. The lowest BCUT2D eigenvalue weighted by Gasteiger charge is -2.17. The fourth-order valence-electron chi connectivity index (χ4n) is 3.38. The third-order valence-electron chi connectivity index (χ3n) is 5.19. The SMILES string of the molecule is CC(C)C(O)c1nnc2ccc(C(=O)N3Cc4cnc(C(C)(C)C)nc4C3)cn12. The minimum Gasteiger partial charge on any atom is -0.385 e. The molecule has 0 spiro atoms. The lowest BCUT2D eigenvalue weighted by atomic mass is 9.95. The van der Waals surface area contributed by atoms with E-state index in [0.29, 0.717) is 30.1 Å². The molecule has 4 rings (SSSR count). The van der Waals surface area contributed by atoms with E-state index < -0.39 is 6.10 Å². The molecule has 0 saturated heterocycles. The van der Waals surface area contributed by atoms with E-state index in [0.717, 1.165) is 17.1 Å². The minimum absolute atomic E-state index is 0.00887. The molecule has 8 nitrogen and oxygen atoms in total. The molecule has 1 aliphatic rings. The predicted molar refractivity (Wildman–Crippen MR) is 107 cm³/mol. The standard InChI is InChI=1S/C21H26N6O2/c1-12(2)17(28)18-25-24-16-7-6-13(10-27(16)18)19(29)26-9-14-8-22-20(21(3,4)5)23-15(14)11-26/h6-8,10,12,17,28H,9,11H2,1-5H3. The first-order chi connectivity index (χ1) is 13.6. The smallest absolute Gasteiger partial charge is 0.256 e. The molecule has 1 atom stereocenters. The van der Waals surface area contributed by atoms with Crippen molar-refractivity contribution in [3.05, 3.63) is 53.0 Å². The number of pyridine rings is 1. The first kappa shape index (κ1) is 19.4. The quantitative estimate of drug-likeness (QED) is 0.734. The number of carbonyl (C=O) groups is 1. The van der Waals surface area contributed by atoms with E-state index in [9.17, 15) is 9.90 Å². The lowest BCUT2D eigenvalue weighted by Crippen LogP contribution is -2.25. The molecule has 0 fully saturated rings. The van der Waals surface area contributed by atoms with E-state index in [1.807, 2.05) is 20.0 Å². The van der Waals surface area contributed by atoms with Crippen LogP contribution in [0.4, 0.5) is 0 Å². The third-order valence-corrected chi connectivity index (χ3v) is 5.19. The van der Waals surface area contributed by atoms with Crippen molar-refractivity contribution < 1.29 is 9.90 Å². The normalized spacial score (nSPS) is 15.2. The van der Waals surface area contributed by atoms with Crippen LogP contribution in [0.25, 0.3) is 5.65 Å². The molecule has 0 saturated carbocycles. The lowest BCUT2D eigenvalue weighted by molar-refractivity contribution is 0.0749. The Morgan fingerprint density at radius 3 is 2.62 bits per heavy atom. The summed E-state index contributed by atoms with van der Waals surface area (Å²) in [6.07, 6.45) is 2.78. The number of carbonyl (C=O) groups excluding carboxylic acids is 1. The Morgan fingerprint density at radius 1 is 1.17 bits per heavy atom. The van der Waals surface area contributed by atoms with Gasteiger partial charge in [0.2, 0.25) is 0 Å². The number of hydrogen-bond donors (Lipinski definition) is 1. The molecule has 1 unspecified atom stereocenters. The Kier molecular flexibility index (Phi) is 4.61. The molecule has 1 amide bonds. The van der Waals surface area contributed by atoms with Crippen molar-refractivity contribution in [2.45, 2.75) is 59.2 Å². The van der Waals surface area contributed by atoms with Gasteiger partial charge < -0.3 is 10.0 Å². The Labute approximate surface area is 169 Å². The van der Waals surface area contributed by atoms with Crippen molar-refractivity contribution in [3.8, 4) is 0 Å². The fourth-order valence-corrected chi connectivity index (χ4v) is 3.38. The van der Waals surface area contributed by atoms with E-state index in [-0.39, 0.29) is 17.2 Å². The van der Waals surface area contributed by atoms with Crippen LogP contribution in [0.5, 0.6) is 0 Å². The van der Waals surface area contributed by atoms with Crippen LogP contribution in [-0.4, -0.2) is 40.5 Å². The van der Waals surface area contributed by atoms with Crippen molar-refractivity contribution in [2.75, 3.05) is 0 Å². The molecule has 152 valence electrons. The summed E-state index contributed by atoms with van der Waals surface area (Å²) in [6, 6.07) is 3.49. The van der Waals surface area contributed by atoms with E-state index in [4.69, 9.17) is 0 Å². The van der Waals surface area contributed by atoms with Crippen molar-refractivity contribution in [3.63, 3.8) is 0 Å². The highest BCUT2D eigenvalue weighted by Crippen LogP contribution is 2.26. The second-order valence-corrected chi connectivity index (χ2v) is 8.97. The summed E-state index contributed by atoms with van der Waals surface area (Å²) in [7, 11) is 0. The van der Waals surface area contributed by atoms with Gasteiger partial charge in [0.25, 0.3) is 5.91 Å². The number of amides is 1. The van der Waals surface area contributed by atoms with Gasteiger partial charge in [-0.2, -0.15) is 0 Å². The molecule has 8 heteroatoms. The van der Waals surface area contributed by atoms with Gasteiger partial charge >= 0.3 is 0 Å². The van der Waals surface area contributed by atoms with Gasteiger partial charge in [-0.05, 0) is 18.1 Å². The zero-order chi connectivity index (χ0) is 20.9. The highest BCUT2D eigenvalue weighted by atomic mass is 16.3. The van der Waals surface area contributed by atoms with Crippen LogP contribution in [0.15, 0.2) is 24.5 Å². The fraction of sp³-hybridized carbons (Fsp3) is 0.476. The zero-order valence-corrected chi connectivity index (χ0v) is 17.4. The first-order valence-electron chi connectivity index (χ1n) is 9.82. The molecule has 0 aromatic carbocycles. The van der Waals surface area contributed by atoms with Crippen LogP contribution in [-0.2, 0) is 18.5 Å². The predicted octanol–water partition coefficient (Wildman–Crippen LogP) is 2.66. The summed E-state index contributed by atoms with van der Waals surface area (Å²) in [5, 5.41) is 18.6. The van der Waals surface area contributed by atoms with E-state index in [1.54, 1.807) is 27.6 Å². The van der Waals surface area contributed by atoms with Crippen molar-refractivity contribution >= 4 is 11.6 Å². The first-order valence-corrected chi connectivity index (χ1v) is 9.82. The molecular weight excluding hydrogens is 368 g/mol. The van der Waals surface area contributed by atoms with Gasteiger partial charge in [-0.1, -0.05) is 34.6 Å². The van der Waals surface area contributed by atoms with Crippen LogP contribution in [0.3, 0.4) is 0 Å². The molecule has 0 radical (unpaired) electrons. The summed E-state index contributed by atoms with van der Waals surface area (Å²) in [5.74, 6) is 1.12. The highest BCUT2D eigenvalue weighted by molar-refractivity contribution is 5.94. The van der Waals surface area contributed by atoms with Crippen LogP contribution in [0.2, 0.25) is 0 Å². The van der Waals surface area contributed by atoms with Crippen LogP contribution in [0, 0.1) is 5.92 Å². The molecule has 0 aliphatic carbocycles. The topological polar surface area (TPSA) is 96.5 Å². The Bertz CT molecular complexity index is 1080. The number of rotatable bonds is 3. The van der Waals surface area contributed by atoms with Crippen LogP contribution in [0.1, 0.15) is 74.0 Å². The van der Waals surface area contributed by atoms with Gasteiger partial charge in [0.1, 0.15) is 11.9 Å². The number of fused-ring (bicyclic) bond motifs is 2. The third kappa shape index (κ3) is 3.48. The molecule has 3 aromatic rings. The van der Waals surface area contributed by atoms with Gasteiger partial charge in [0, 0.05) is 29.9 Å². The number of aliphatic hydroxyl groups excluding tert-OH is 1. The summed E-state index contributed by atoms with van der Waals surface area (Å²) in [5.41, 5.74) is 2.86. The van der Waals surface area contributed by atoms with Gasteiger partial charge in [-0.25, -0.2) is 9.97 Å². The van der Waals surface area contributed by atoms with E-state index in [1.165, 1.54) is 0 Å². The molecule has 1 aliphatic heterocycles. The Balaban J connectivity index is 1.61. The second kappa shape index (κ2) is 6.88. The summed E-state index contributed by atoms with van der Waals surface area (Å²) in [4.78, 5) is 24.1. The number of aromatic nitrogens is 5. The largest absolute Gasteiger partial charge is 0.385 e. The Hall–Kier alpha value is -2.87. The zero-order valence-electron chi connectivity index (χ0n) is 17.4. The number of nitrogens with zero attached hydrogens (tertiary/aromatic N) is 6. The maximum absolute atomic E-state index is 13.1. The van der Waals surface area contributed by atoms with Crippen molar-refractivity contribution in [2.24, 2.45) is 5.92 Å². The number of hydrogen-bond acceptors (Lipinski definition) is 6. The maximum Gasteiger partial charge on any atom is 0.256 e. The van der Waals surface area contributed by atoms with Crippen LogP contribution >= 0.6 is 0 Å². The molecule has 3 aromatic heterocycles. The average Bonchev–Trinajstić information content (AvgIpc) is 3.28. The summed E-state index contributed by atoms with van der Waals surface area (Å²) in [6.45, 7) is 11.0. The van der Waals surface area contributed by atoms with Crippen LogP contribution < -0.4 is 0 Å². The molecular formula is C21H26N6O2. The monoisotopic (exact) mass is 394 g/mol. The van der Waals surface area contributed by atoms with Gasteiger partial charge in [0.15, 0.2) is 11.5 Å². The highest BCUT2D eigenvalue weighted by Gasteiger charge is 2.29. The summed E-state index contributed by atoms with van der Waals surface area (Å²) < 4.78 is 1.69. The minimum atomic E-state index is -0.752. The maximum atomic E-state index is 13.1. The van der Waals surface area contributed by atoms with E-state index in [2.05, 4.69) is 40.9 Å². The average molecular weight is 394 g/mol. The van der Waals surface area contributed by atoms with Crippen molar-refractivity contribution in [1.29, 1.82) is 0 Å². The van der Waals surface area contributed by atoms with E-state index >= 15 is 0 Å². The molecule has 4 heterocycles. The second-order valence-electron chi connectivity index (χ2n) is 8.97.